The van der Waals surface area contributed by atoms with Gasteiger partial charge < -0.3 is 4.74 Å². The molecule has 1 heterocycles. The van der Waals surface area contributed by atoms with E-state index in [0.29, 0.717) is 5.56 Å². The fraction of sp³-hybridized carbons (Fsp3) is 0.267. The molecule has 0 N–H and O–H groups in total. The second-order valence-electron chi connectivity index (χ2n) is 4.73. The number of halogens is 2. The fourth-order valence-electron chi connectivity index (χ4n) is 2.39. The van der Waals surface area contributed by atoms with Crippen molar-refractivity contribution in [1.29, 1.82) is 0 Å². The number of aryl methyl sites for hydroxylation is 2. The number of rotatable bonds is 4. The van der Waals surface area contributed by atoms with Crippen LogP contribution in [0.3, 0.4) is 0 Å². The van der Waals surface area contributed by atoms with E-state index in [1.807, 2.05) is 12.1 Å². The number of carbonyl (C=O) groups is 1. The van der Waals surface area contributed by atoms with Crippen LogP contribution in [0.1, 0.15) is 27.9 Å². The Labute approximate surface area is 138 Å². The normalized spacial score (nSPS) is 13.3. The van der Waals surface area contributed by atoms with Gasteiger partial charge in [0.25, 0.3) is 0 Å². The summed E-state index contributed by atoms with van der Waals surface area (Å²) in [6.07, 6.45) is 3.49. The van der Waals surface area contributed by atoms with E-state index in [0.717, 1.165) is 26.2 Å². The van der Waals surface area contributed by atoms with Crippen molar-refractivity contribution < 1.29 is 9.53 Å². The Balaban J connectivity index is 1.67. The van der Waals surface area contributed by atoms with Gasteiger partial charge in [0.15, 0.2) is 6.61 Å². The Kier molecular flexibility index (Phi) is 4.29. The molecule has 0 fully saturated rings. The number of ether oxygens (including phenoxy) is 1. The van der Waals surface area contributed by atoms with Crippen molar-refractivity contribution in [1.82, 2.24) is 0 Å². The lowest BCUT2D eigenvalue weighted by Gasteiger charge is -2.07. The van der Waals surface area contributed by atoms with Crippen molar-refractivity contribution in [2.75, 3.05) is 6.61 Å². The van der Waals surface area contributed by atoms with Crippen LogP contribution in [0, 0.1) is 0 Å². The lowest BCUT2D eigenvalue weighted by molar-refractivity contribution is 0.0921. The zero-order valence-corrected chi connectivity index (χ0v) is 14.6. The van der Waals surface area contributed by atoms with Crippen molar-refractivity contribution in [3.8, 4) is 5.75 Å². The van der Waals surface area contributed by atoms with Crippen molar-refractivity contribution in [2.24, 2.45) is 0 Å². The molecule has 0 radical (unpaired) electrons. The highest BCUT2D eigenvalue weighted by molar-refractivity contribution is 9.12. The first-order valence-electron chi connectivity index (χ1n) is 6.36. The van der Waals surface area contributed by atoms with Crippen molar-refractivity contribution in [2.45, 2.75) is 19.3 Å². The molecule has 0 amide bonds. The molecule has 0 unspecified atom stereocenters. The predicted octanol–water partition coefficient (Wildman–Crippen LogP) is 5.02. The first kappa shape index (κ1) is 14.3. The van der Waals surface area contributed by atoms with E-state index in [2.05, 4.69) is 44.0 Å². The second kappa shape index (κ2) is 6.00. The molecule has 0 aliphatic heterocycles. The summed E-state index contributed by atoms with van der Waals surface area (Å²) in [5, 5.41) is 0. The van der Waals surface area contributed by atoms with Crippen LogP contribution in [0.25, 0.3) is 0 Å². The number of Topliss-reactive ketones (excluding diaryl/α,β-unsaturated/α-hetero) is 1. The number of carbonyl (C=O) groups excluding carboxylic acids is 1. The van der Waals surface area contributed by atoms with E-state index in [-0.39, 0.29) is 12.4 Å². The summed E-state index contributed by atoms with van der Waals surface area (Å²) in [4.78, 5) is 12.1. The van der Waals surface area contributed by atoms with Crippen LogP contribution < -0.4 is 4.74 Å². The zero-order chi connectivity index (χ0) is 14.1. The minimum atomic E-state index is -0.0145. The molecule has 5 heteroatoms. The van der Waals surface area contributed by atoms with E-state index in [9.17, 15) is 4.79 Å². The maximum Gasteiger partial charge on any atom is 0.202 e. The van der Waals surface area contributed by atoms with E-state index in [4.69, 9.17) is 4.74 Å². The number of fused-ring (bicyclic) bond motifs is 1. The number of thiophene rings is 1. The molecule has 3 rings (SSSR count). The Morgan fingerprint density at radius 2 is 2.00 bits per heavy atom. The average Bonchev–Trinajstić information content (AvgIpc) is 3.01. The maximum absolute atomic E-state index is 12.1. The molecule has 104 valence electrons. The Morgan fingerprint density at radius 1 is 1.20 bits per heavy atom. The Morgan fingerprint density at radius 3 is 2.75 bits per heavy atom. The smallest absolute Gasteiger partial charge is 0.202 e. The third kappa shape index (κ3) is 3.00. The third-order valence-electron chi connectivity index (χ3n) is 3.40. The summed E-state index contributed by atoms with van der Waals surface area (Å²) in [6.45, 7) is 0.0700. The summed E-state index contributed by atoms with van der Waals surface area (Å²) >= 11 is 8.27. The molecule has 0 atom stereocenters. The SMILES string of the molecule is O=C(COc1ccc2c(c1)CCC2)c1cc(Br)sc1Br. The summed E-state index contributed by atoms with van der Waals surface area (Å²) in [5.74, 6) is 0.767. The van der Waals surface area contributed by atoms with E-state index >= 15 is 0 Å². The number of ketones is 1. The van der Waals surface area contributed by atoms with Crippen LogP contribution in [0.5, 0.6) is 5.75 Å². The van der Waals surface area contributed by atoms with E-state index < -0.39 is 0 Å². The molecule has 20 heavy (non-hydrogen) atoms. The van der Waals surface area contributed by atoms with Crippen LogP contribution in [-0.4, -0.2) is 12.4 Å². The minimum absolute atomic E-state index is 0.0145. The highest BCUT2D eigenvalue weighted by Crippen LogP contribution is 2.32. The molecular formula is C15H12Br2O2S. The molecule has 1 aliphatic carbocycles. The number of hydrogen-bond donors (Lipinski definition) is 0. The van der Waals surface area contributed by atoms with Gasteiger partial charge in [0.1, 0.15) is 5.75 Å². The maximum atomic E-state index is 12.1. The van der Waals surface area contributed by atoms with Gasteiger partial charge in [0.05, 0.1) is 7.57 Å². The van der Waals surface area contributed by atoms with Gasteiger partial charge in [-0.3, -0.25) is 4.79 Å². The molecule has 0 saturated heterocycles. The first-order chi connectivity index (χ1) is 9.63. The van der Waals surface area contributed by atoms with Gasteiger partial charge in [0, 0.05) is 5.56 Å². The molecule has 2 nitrogen and oxygen atoms in total. The van der Waals surface area contributed by atoms with E-state index in [1.165, 1.54) is 28.9 Å². The number of benzene rings is 1. The lowest BCUT2D eigenvalue weighted by Crippen LogP contribution is -2.11. The highest BCUT2D eigenvalue weighted by atomic mass is 79.9. The summed E-state index contributed by atoms with van der Waals surface area (Å²) in [5.41, 5.74) is 3.44. The first-order valence-corrected chi connectivity index (χ1v) is 8.76. The fourth-order valence-corrected chi connectivity index (χ4v) is 5.25. The van der Waals surface area contributed by atoms with Gasteiger partial charge in [-0.15, -0.1) is 11.3 Å². The third-order valence-corrected chi connectivity index (χ3v) is 5.74. The van der Waals surface area contributed by atoms with Crippen LogP contribution in [-0.2, 0) is 12.8 Å². The topological polar surface area (TPSA) is 26.3 Å². The molecule has 2 aromatic rings. The molecule has 0 saturated carbocycles. The summed E-state index contributed by atoms with van der Waals surface area (Å²) in [7, 11) is 0. The molecule has 1 aromatic heterocycles. The molecule has 0 spiro atoms. The zero-order valence-electron chi connectivity index (χ0n) is 10.6. The van der Waals surface area contributed by atoms with Crippen molar-refractivity contribution in [3.05, 3.63) is 48.5 Å². The largest absolute Gasteiger partial charge is 0.485 e. The average molecular weight is 416 g/mol. The summed E-state index contributed by atoms with van der Waals surface area (Å²) in [6, 6.07) is 7.95. The van der Waals surface area contributed by atoms with Gasteiger partial charge in [0.2, 0.25) is 5.78 Å². The molecule has 1 aliphatic rings. The molecular weight excluding hydrogens is 404 g/mol. The number of hydrogen-bond acceptors (Lipinski definition) is 3. The lowest BCUT2D eigenvalue weighted by atomic mass is 10.1. The van der Waals surface area contributed by atoms with Gasteiger partial charge in [-0.2, -0.15) is 0 Å². The van der Waals surface area contributed by atoms with Crippen molar-refractivity contribution >= 4 is 49.0 Å². The van der Waals surface area contributed by atoms with Gasteiger partial charge >= 0.3 is 0 Å². The molecule has 1 aromatic carbocycles. The van der Waals surface area contributed by atoms with Crippen LogP contribution in [0.15, 0.2) is 31.8 Å². The quantitative estimate of drug-likeness (QED) is 0.655. The van der Waals surface area contributed by atoms with Gasteiger partial charge in [-0.1, -0.05) is 6.07 Å². The van der Waals surface area contributed by atoms with Crippen LogP contribution in [0.2, 0.25) is 0 Å². The van der Waals surface area contributed by atoms with E-state index in [1.54, 1.807) is 0 Å². The Bertz CT molecular complexity index is 664. The Hall–Kier alpha value is -0.650. The molecule has 0 bridgehead atoms. The van der Waals surface area contributed by atoms with Crippen LogP contribution >= 0.6 is 43.2 Å². The predicted molar refractivity (Wildman–Crippen MR) is 88.0 cm³/mol. The second-order valence-corrected chi connectivity index (χ2v) is 8.48. The van der Waals surface area contributed by atoms with Crippen LogP contribution in [0.4, 0.5) is 0 Å². The van der Waals surface area contributed by atoms with Gasteiger partial charge in [-0.05, 0) is 80.4 Å². The van der Waals surface area contributed by atoms with Crippen molar-refractivity contribution in [3.63, 3.8) is 0 Å². The minimum Gasteiger partial charge on any atom is -0.485 e. The summed E-state index contributed by atoms with van der Waals surface area (Å²) < 4.78 is 7.41. The van der Waals surface area contributed by atoms with Gasteiger partial charge in [-0.25, -0.2) is 0 Å². The standard InChI is InChI=1S/C15H12Br2O2S/c16-14-7-12(15(17)20-14)13(18)8-19-11-5-4-9-2-1-3-10(9)6-11/h4-7H,1-3,8H2. The highest BCUT2D eigenvalue weighted by Gasteiger charge is 2.15. The monoisotopic (exact) mass is 414 g/mol.